The maximum Gasteiger partial charge on any atom is 0.226 e. The van der Waals surface area contributed by atoms with E-state index in [-0.39, 0.29) is 18.2 Å². The van der Waals surface area contributed by atoms with Gasteiger partial charge >= 0.3 is 0 Å². The van der Waals surface area contributed by atoms with Crippen LogP contribution in [0, 0.1) is 11.6 Å². The van der Waals surface area contributed by atoms with Crippen LogP contribution in [0.5, 0.6) is 5.88 Å². The minimum absolute atomic E-state index is 0.0293. The van der Waals surface area contributed by atoms with Crippen LogP contribution in [-0.4, -0.2) is 14.8 Å². The van der Waals surface area contributed by atoms with Gasteiger partial charge in [-0.2, -0.15) is 9.78 Å². The average Bonchev–Trinajstić information content (AvgIpc) is 3.13. The van der Waals surface area contributed by atoms with Crippen LogP contribution in [0.15, 0.2) is 79.0 Å². The number of hydrogen-bond acceptors (Lipinski definition) is 3. The molecule has 4 nitrogen and oxygen atoms in total. The highest BCUT2D eigenvalue weighted by Gasteiger charge is 2.18. The fourth-order valence-electron chi connectivity index (χ4n) is 3.31. The number of halogens is 2. The number of ether oxygens (including phenoxy) is 1. The van der Waals surface area contributed by atoms with Crippen LogP contribution in [0.25, 0.3) is 27.5 Å². The standard InChI is InChI=1S/C23H15F2N3O/c24-16-9-11-17(12-10-16)28-23(29-14-15-5-1-3-7-20(15)25)19-13-26-21-8-4-2-6-18(21)22(19)27-28/h1-13H,14H2. The molecule has 0 N–H and O–H groups in total. The van der Waals surface area contributed by atoms with Crippen molar-refractivity contribution in [2.45, 2.75) is 6.61 Å². The maximum absolute atomic E-state index is 14.1. The molecule has 0 radical (unpaired) electrons. The lowest BCUT2D eigenvalue weighted by Crippen LogP contribution is -2.04. The number of rotatable bonds is 4. The smallest absolute Gasteiger partial charge is 0.226 e. The molecular formula is C23H15F2N3O. The van der Waals surface area contributed by atoms with Gasteiger partial charge in [-0.25, -0.2) is 8.78 Å². The Morgan fingerprint density at radius 2 is 1.59 bits per heavy atom. The van der Waals surface area contributed by atoms with Crippen molar-refractivity contribution in [2.24, 2.45) is 0 Å². The molecule has 2 aromatic heterocycles. The molecule has 0 atom stereocenters. The van der Waals surface area contributed by atoms with E-state index in [4.69, 9.17) is 9.84 Å². The summed E-state index contributed by atoms with van der Waals surface area (Å²) in [6.07, 6.45) is 1.70. The molecular weight excluding hydrogens is 372 g/mol. The molecule has 0 saturated carbocycles. The van der Waals surface area contributed by atoms with Crippen LogP contribution in [0.3, 0.4) is 0 Å². The first-order valence-corrected chi connectivity index (χ1v) is 9.09. The Hall–Kier alpha value is -3.80. The van der Waals surface area contributed by atoms with E-state index in [9.17, 15) is 8.78 Å². The van der Waals surface area contributed by atoms with E-state index in [1.165, 1.54) is 18.2 Å². The number of pyridine rings is 1. The number of nitrogens with zero attached hydrogens (tertiary/aromatic N) is 3. The van der Waals surface area contributed by atoms with Gasteiger partial charge in [0.25, 0.3) is 0 Å². The zero-order chi connectivity index (χ0) is 19.8. The summed E-state index contributed by atoms with van der Waals surface area (Å²) < 4.78 is 35.1. The van der Waals surface area contributed by atoms with Crippen molar-refractivity contribution in [3.05, 3.63) is 96.2 Å². The van der Waals surface area contributed by atoms with Crippen molar-refractivity contribution < 1.29 is 13.5 Å². The van der Waals surface area contributed by atoms with E-state index >= 15 is 0 Å². The van der Waals surface area contributed by atoms with Crippen LogP contribution < -0.4 is 4.74 Å². The highest BCUT2D eigenvalue weighted by molar-refractivity contribution is 6.05. The Morgan fingerprint density at radius 1 is 0.828 bits per heavy atom. The van der Waals surface area contributed by atoms with Crippen LogP contribution in [0.4, 0.5) is 8.78 Å². The Balaban J connectivity index is 1.68. The summed E-state index contributed by atoms with van der Waals surface area (Å²) in [5, 5.41) is 6.29. The molecule has 0 aliphatic heterocycles. The van der Waals surface area contributed by atoms with Crippen molar-refractivity contribution in [1.29, 1.82) is 0 Å². The molecule has 5 aromatic rings. The van der Waals surface area contributed by atoms with E-state index in [1.807, 2.05) is 24.3 Å². The Morgan fingerprint density at radius 3 is 2.41 bits per heavy atom. The zero-order valence-electron chi connectivity index (χ0n) is 15.2. The highest BCUT2D eigenvalue weighted by atomic mass is 19.1. The number of benzene rings is 3. The minimum atomic E-state index is -0.341. The molecule has 0 bridgehead atoms. The van der Waals surface area contributed by atoms with Crippen LogP contribution in [-0.2, 0) is 6.61 Å². The molecule has 142 valence electrons. The lowest BCUT2D eigenvalue weighted by molar-refractivity contribution is 0.282. The van der Waals surface area contributed by atoms with Crippen molar-refractivity contribution >= 4 is 21.8 Å². The summed E-state index contributed by atoms with van der Waals surface area (Å²) in [5.41, 5.74) is 2.59. The van der Waals surface area contributed by atoms with Gasteiger partial charge in [-0.15, -0.1) is 0 Å². The topological polar surface area (TPSA) is 39.9 Å². The van der Waals surface area contributed by atoms with Gasteiger partial charge in [0, 0.05) is 17.1 Å². The third-order valence-electron chi connectivity index (χ3n) is 4.76. The molecule has 3 aromatic carbocycles. The number of hydrogen-bond donors (Lipinski definition) is 0. The van der Waals surface area contributed by atoms with Gasteiger partial charge in [0.2, 0.25) is 5.88 Å². The molecule has 2 heterocycles. The Kier molecular flexibility index (Phi) is 4.17. The Labute approximate surface area is 165 Å². The van der Waals surface area contributed by atoms with Gasteiger partial charge in [0.15, 0.2) is 0 Å². The lowest BCUT2D eigenvalue weighted by atomic mass is 10.2. The number of aromatic nitrogens is 3. The molecule has 0 aliphatic rings. The number of fused-ring (bicyclic) bond motifs is 3. The molecule has 0 unspecified atom stereocenters. The molecule has 0 spiro atoms. The first kappa shape index (κ1) is 17.3. The molecule has 5 rings (SSSR count). The second-order valence-corrected chi connectivity index (χ2v) is 6.61. The van der Waals surface area contributed by atoms with Gasteiger partial charge in [-0.1, -0.05) is 36.4 Å². The Bertz CT molecular complexity index is 1330. The van der Waals surface area contributed by atoms with Crippen molar-refractivity contribution in [1.82, 2.24) is 14.8 Å². The second kappa shape index (κ2) is 6.98. The predicted octanol–water partition coefficient (Wildman–Crippen LogP) is 5.43. The third-order valence-corrected chi connectivity index (χ3v) is 4.76. The summed E-state index contributed by atoms with van der Waals surface area (Å²) in [6, 6.07) is 20.1. The molecule has 0 amide bonds. The summed E-state index contributed by atoms with van der Waals surface area (Å²) >= 11 is 0. The predicted molar refractivity (Wildman–Crippen MR) is 107 cm³/mol. The first-order chi connectivity index (χ1) is 14.2. The maximum atomic E-state index is 14.1. The zero-order valence-corrected chi connectivity index (χ0v) is 15.2. The summed E-state index contributed by atoms with van der Waals surface area (Å²) in [6.45, 7) is 0.0293. The second-order valence-electron chi connectivity index (χ2n) is 6.61. The van der Waals surface area contributed by atoms with E-state index in [2.05, 4.69) is 4.98 Å². The third kappa shape index (κ3) is 3.08. The fourth-order valence-corrected chi connectivity index (χ4v) is 3.31. The number of para-hydroxylation sites is 1. The van der Waals surface area contributed by atoms with Crippen molar-refractivity contribution in [3.8, 4) is 11.6 Å². The van der Waals surface area contributed by atoms with Gasteiger partial charge in [-0.3, -0.25) is 4.98 Å². The molecule has 0 saturated heterocycles. The SMILES string of the molecule is Fc1ccc(-n2nc3c(cnc4ccccc43)c2OCc2ccccc2F)cc1. The average molecular weight is 387 g/mol. The van der Waals surface area contributed by atoms with E-state index in [1.54, 1.807) is 41.2 Å². The van der Waals surface area contributed by atoms with Gasteiger partial charge in [0.05, 0.1) is 16.6 Å². The van der Waals surface area contributed by atoms with E-state index in [0.29, 0.717) is 28.0 Å². The molecule has 29 heavy (non-hydrogen) atoms. The van der Waals surface area contributed by atoms with Crippen LogP contribution in [0.2, 0.25) is 0 Å². The molecule has 0 aliphatic carbocycles. The van der Waals surface area contributed by atoms with Gasteiger partial charge in [-0.05, 0) is 36.4 Å². The van der Waals surface area contributed by atoms with Gasteiger partial charge < -0.3 is 4.74 Å². The largest absolute Gasteiger partial charge is 0.472 e. The lowest BCUT2D eigenvalue weighted by Gasteiger charge is -2.10. The first-order valence-electron chi connectivity index (χ1n) is 9.09. The van der Waals surface area contributed by atoms with E-state index in [0.717, 1.165) is 10.9 Å². The molecule has 6 heteroatoms. The summed E-state index contributed by atoms with van der Waals surface area (Å²) in [4.78, 5) is 4.50. The summed E-state index contributed by atoms with van der Waals surface area (Å²) in [5.74, 6) is -0.257. The van der Waals surface area contributed by atoms with E-state index < -0.39 is 0 Å². The summed E-state index contributed by atoms with van der Waals surface area (Å²) in [7, 11) is 0. The molecule has 0 fully saturated rings. The van der Waals surface area contributed by atoms with Crippen molar-refractivity contribution in [3.63, 3.8) is 0 Å². The monoisotopic (exact) mass is 387 g/mol. The van der Waals surface area contributed by atoms with Crippen molar-refractivity contribution in [2.75, 3.05) is 0 Å². The van der Waals surface area contributed by atoms with Gasteiger partial charge in [0.1, 0.15) is 23.8 Å². The quantitative estimate of drug-likeness (QED) is 0.413. The van der Waals surface area contributed by atoms with Crippen LogP contribution >= 0.6 is 0 Å². The normalized spacial score (nSPS) is 11.2. The highest BCUT2D eigenvalue weighted by Crippen LogP contribution is 2.33. The fraction of sp³-hybridized carbons (Fsp3) is 0.0435. The minimum Gasteiger partial charge on any atom is -0.472 e. The van der Waals surface area contributed by atoms with Crippen LogP contribution in [0.1, 0.15) is 5.56 Å².